The molecule has 0 N–H and O–H groups in total. The highest BCUT2D eigenvalue weighted by molar-refractivity contribution is 6.30. The standard InChI is InChI=1S/C23H22ClN5O2/c1-15-12-16(2)29-23(25-15)26-21(27-29)14-28(19-8-6-18(24)7-9-19)22(30)13-17-4-10-20(31-3)11-5-17/h4-12H,13-14H2,1-3H3. The Kier molecular flexibility index (Phi) is 5.86. The van der Waals surface area contributed by atoms with E-state index >= 15 is 0 Å². The van der Waals surface area contributed by atoms with Crippen LogP contribution in [0, 0.1) is 13.8 Å². The summed E-state index contributed by atoms with van der Waals surface area (Å²) >= 11 is 6.05. The normalized spacial score (nSPS) is 11.0. The third-order valence-corrected chi connectivity index (χ3v) is 5.17. The Morgan fingerprint density at radius 2 is 1.77 bits per heavy atom. The van der Waals surface area contributed by atoms with Gasteiger partial charge in [0, 0.05) is 22.1 Å². The Labute approximate surface area is 185 Å². The van der Waals surface area contributed by atoms with Crippen LogP contribution < -0.4 is 9.64 Å². The van der Waals surface area contributed by atoms with Crippen LogP contribution in [-0.2, 0) is 17.8 Å². The maximum Gasteiger partial charge on any atom is 0.252 e. The molecule has 2 heterocycles. The number of halogens is 1. The van der Waals surface area contributed by atoms with Crippen LogP contribution in [-0.4, -0.2) is 32.6 Å². The second-order valence-electron chi connectivity index (χ2n) is 7.26. The molecule has 0 atom stereocenters. The highest BCUT2D eigenvalue weighted by Crippen LogP contribution is 2.22. The highest BCUT2D eigenvalue weighted by Gasteiger charge is 2.20. The van der Waals surface area contributed by atoms with Gasteiger partial charge in [-0.25, -0.2) is 9.50 Å². The van der Waals surface area contributed by atoms with Crippen molar-refractivity contribution in [1.29, 1.82) is 0 Å². The molecule has 0 saturated carbocycles. The van der Waals surface area contributed by atoms with Crippen LogP contribution in [0.4, 0.5) is 5.69 Å². The SMILES string of the molecule is COc1ccc(CC(=O)N(Cc2nc3nc(C)cc(C)n3n2)c2ccc(Cl)cc2)cc1. The third-order valence-electron chi connectivity index (χ3n) is 4.92. The van der Waals surface area contributed by atoms with Gasteiger partial charge in [-0.05, 0) is 61.9 Å². The topological polar surface area (TPSA) is 72.6 Å². The van der Waals surface area contributed by atoms with Crippen molar-refractivity contribution in [2.24, 2.45) is 0 Å². The van der Waals surface area contributed by atoms with Crippen molar-refractivity contribution in [3.05, 3.63) is 82.4 Å². The smallest absolute Gasteiger partial charge is 0.252 e. The van der Waals surface area contributed by atoms with Crippen molar-refractivity contribution in [2.45, 2.75) is 26.8 Å². The minimum Gasteiger partial charge on any atom is -0.497 e. The van der Waals surface area contributed by atoms with Gasteiger partial charge < -0.3 is 9.64 Å². The number of anilines is 1. The minimum atomic E-state index is -0.0767. The van der Waals surface area contributed by atoms with E-state index in [1.165, 1.54) is 0 Å². The maximum absolute atomic E-state index is 13.3. The van der Waals surface area contributed by atoms with Crippen LogP contribution in [0.3, 0.4) is 0 Å². The van der Waals surface area contributed by atoms with Gasteiger partial charge in [0.1, 0.15) is 5.75 Å². The third kappa shape index (κ3) is 4.67. The molecular formula is C23H22ClN5O2. The van der Waals surface area contributed by atoms with Crippen LogP contribution >= 0.6 is 11.6 Å². The summed E-state index contributed by atoms with van der Waals surface area (Å²) in [6, 6.07) is 16.6. The summed E-state index contributed by atoms with van der Waals surface area (Å²) in [6.07, 6.45) is 0.233. The summed E-state index contributed by atoms with van der Waals surface area (Å²) in [7, 11) is 1.61. The monoisotopic (exact) mass is 435 g/mol. The number of aromatic nitrogens is 4. The van der Waals surface area contributed by atoms with Gasteiger partial charge in [0.05, 0.1) is 20.1 Å². The number of carbonyl (C=O) groups is 1. The molecule has 0 bridgehead atoms. The zero-order chi connectivity index (χ0) is 22.0. The summed E-state index contributed by atoms with van der Waals surface area (Å²) in [4.78, 5) is 23.9. The minimum absolute atomic E-state index is 0.0767. The molecule has 0 aliphatic rings. The summed E-state index contributed by atoms with van der Waals surface area (Å²) in [5.74, 6) is 1.70. The first-order valence-electron chi connectivity index (χ1n) is 9.81. The summed E-state index contributed by atoms with van der Waals surface area (Å²) < 4.78 is 6.89. The van der Waals surface area contributed by atoms with Crippen LogP contribution in [0.25, 0.3) is 5.78 Å². The number of aryl methyl sites for hydroxylation is 2. The molecule has 1 amide bonds. The van der Waals surface area contributed by atoms with Gasteiger partial charge in [-0.15, -0.1) is 5.10 Å². The van der Waals surface area contributed by atoms with Crippen LogP contribution in [0.5, 0.6) is 5.75 Å². The van der Waals surface area contributed by atoms with Crippen molar-refractivity contribution in [3.63, 3.8) is 0 Å². The molecule has 2 aromatic heterocycles. The molecule has 4 aromatic rings. The van der Waals surface area contributed by atoms with Gasteiger partial charge >= 0.3 is 0 Å². The lowest BCUT2D eigenvalue weighted by molar-refractivity contribution is -0.118. The summed E-state index contributed by atoms with van der Waals surface area (Å²) in [6.45, 7) is 4.09. The molecular weight excluding hydrogens is 414 g/mol. The molecule has 7 nitrogen and oxygen atoms in total. The lowest BCUT2D eigenvalue weighted by Crippen LogP contribution is -2.32. The molecule has 4 rings (SSSR count). The molecule has 31 heavy (non-hydrogen) atoms. The van der Waals surface area contributed by atoms with E-state index in [4.69, 9.17) is 16.3 Å². The summed E-state index contributed by atoms with van der Waals surface area (Å²) in [5.41, 5.74) is 3.42. The fourth-order valence-corrected chi connectivity index (χ4v) is 3.50. The van der Waals surface area contributed by atoms with Crippen molar-refractivity contribution in [1.82, 2.24) is 19.6 Å². The predicted molar refractivity (Wildman–Crippen MR) is 120 cm³/mol. The number of carbonyl (C=O) groups excluding carboxylic acids is 1. The van der Waals surface area contributed by atoms with Gasteiger partial charge in [0.2, 0.25) is 5.91 Å². The molecule has 0 aliphatic carbocycles. The Morgan fingerprint density at radius 1 is 1.06 bits per heavy atom. The van der Waals surface area contributed by atoms with Crippen LogP contribution in [0.15, 0.2) is 54.6 Å². The Bertz CT molecular complexity index is 1220. The van der Waals surface area contributed by atoms with Crippen molar-refractivity contribution < 1.29 is 9.53 Å². The van der Waals surface area contributed by atoms with E-state index in [-0.39, 0.29) is 18.9 Å². The number of benzene rings is 2. The van der Waals surface area contributed by atoms with E-state index in [1.807, 2.05) is 56.3 Å². The molecule has 0 spiro atoms. The van der Waals surface area contributed by atoms with Crippen molar-refractivity contribution in [2.75, 3.05) is 12.0 Å². The molecule has 0 radical (unpaired) electrons. The van der Waals surface area contributed by atoms with Gasteiger partial charge in [0.25, 0.3) is 5.78 Å². The number of ether oxygens (including phenoxy) is 1. The second-order valence-corrected chi connectivity index (χ2v) is 7.70. The molecule has 8 heteroatoms. The first-order valence-corrected chi connectivity index (χ1v) is 10.2. The van der Waals surface area contributed by atoms with Gasteiger partial charge in [-0.3, -0.25) is 4.79 Å². The number of rotatable bonds is 6. The number of fused-ring (bicyclic) bond motifs is 1. The van der Waals surface area contributed by atoms with Crippen LogP contribution in [0.1, 0.15) is 22.8 Å². The average Bonchev–Trinajstić information content (AvgIpc) is 3.16. The van der Waals surface area contributed by atoms with Crippen molar-refractivity contribution in [3.8, 4) is 5.75 Å². The zero-order valence-corrected chi connectivity index (χ0v) is 18.3. The predicted octanol–water partition coefficient (Wildman–Crippen LogP) is 4.18. The number of hydrogen-bond acceptors (Lipinski definition) is 5. The lowest BCUT2D eigenvalue weighted by Gasteiger charge is -2.22. The second kappa shape index (κ2) is 8.73. The van der Waals surface area contributed by atoms with Gasteiger partial charge in [0.15, 0.2) is 5.82 Å². The molecule has 0 fully saturated rings. The van der Waals surface area contributed by atoms with Crippen LogP contribution in [0.2, 0.25) is 5.02 Å². The molecule has 0 unspecified atom stereocenters. The zero-order valence-electron chi connectivity index (χ0n) is 17.5. The number of methoxy groups -OCH3 is 1. The number of hydrogen-bond donors (Lipinski definition) is 0. The number of amides is 1. The fraction of sp³-hybridized carbons (Fsp3) is 0.217. The highest BCUT2D eigenvalue weighted by atomic mass is 35.5. The van der Waals surface area contributed by atoms with Gasteiger partial charge in [-0.1, -0.05) is 23.7 Å². The lowest BCUT2D eigenvalue weighted by atomic mass is 10.1. The molecule has 158 valence electrons. The van der Waals surface area contributed by atoms with E-state index in [1.54, 1.807) is 28.7 Å². The molecule has 2 aromatic carbocycles. The van der Waals surface area contributed by atoms with E-state index in [2.05, 4.69) is 15.1 Å². The van der Waals surface area contributed by atoms with E-state index in [9.17, 15) is 4.79 Å². The first kappa shape index (κ1) is 20.8. The Balaban J connectivity index is 1.64. The van der Waals surface area contributed by atoms with E-state index in [0.29, 0.717) is 16.6 Å². The molecule has 0 aliphatic heterocycles. The largest absolute Gasteiger partial charge is 0.497 e. The molecule has 0 saturated heterocycles. The van der Waals surface area contributed by atoms with E-state index in [0.717, 1.165) is 28.4 Å². The average molecular weight is 436 g/mol. The fourth-order valence-electron chi connectivity index (χ4n) is 3.37. The quantitative estimate of drug-likeness (QED) is 0.454. The summed E-state index contributed by atoms with van der Waals surface area (Å²) in [5, 5.41) is 5.16. The van der Waals surface area contributed by atoms with Gasteiger partial charge in [-0.2, -0.15) is 4.98 Å². The van der Waals surface area contributed by atoms with E-state index < -0.39 is 0 Å². The first-order chi connectivity index (χ1) is 14.9. The van der Waals surface area contributed by atoms with Crippen molar-refractivity contribution >= 4 is 29.0 Å². The maximum atomic E-state index is 13.3. The Morgan fingerprint density at radius 3 is 2.45 bits per heavy atom. The number of nitrogens with zero attached hydrogens (tertiary/aromatic N) is 5. The Hall–Kier alpha value is -3.45.